The lowest BCUT2D eigenvalue weighted by molar-refractivity contribution is 0.0956. The van der Waals surface area contributed by atoms with E-state index in [0.29, 0.717) is 33.0 Å². The maximum absolute atomic E-state index is 12.8. The van der Waals surface area contributed by atoms with Crippen LogP contribution in [-0.4, -0.2) is 39.4 Å². The Bertz CT molecular complexity index is 1250. The Labute approximate surface area is 213 Å². The number of halogens is 2. The number of methoxy groups -OCH3 is 3. The number of hydrogen-bond donors (Lipinski definition) is 2. The Morgan fingerprint density at radius 3 is 2.21 bits per heavy atom. The van der Waals surface area contributed by atoms with Crippen LogP contribution in [0.15, 0.2) is 68.6 Å². The molecule has 2 N–H and O–H groups in total. The molecule has 0 saturated heterocycles. The van der Waals surface area contributed by atoms with Gasteiger partial charge in [0.25, 0.3) is 11.8 Å². The molecule has 3 aromatic carbocycles. The van der Waals surface area contributed by atoms with Gasteiger partial charge in [-0.25, -0.2) is 5.43 Å². The molecule has 0 aliphatic heterocycles. The highest BCUT2D eigenvalue weighted by atomic mass is 79.9. The van der Waals surface area contributed by atoms with E-state index in [0.717, 1.165) is 10.0 Å². The maximum atomic E-state index is 12.8. The summed E-state index contributed by atoms with van der Waals surface area (Å²) in [7, 11) is 4.58. The van der Waals surface area contributed by atoms with Crippen molar-refractivity contribution in [3.05, 3.63) is 80.2 Å². The van der Waals surface area contributed by atoms with Crippen LogP contribution in [0.5, 0.6) is 17.2 Å². The van der Waals surface area contributed by atoms with Gasteiger partial charge in [-0.1, -0.05) is 15.9 Å². The minimum Gasteiger partial charge on any atom is -0.496 e. The second kappa shape index (κ2) is 11.7. The molecular formula is C24H21Br2N3O5. The van der Waals surface area contributed by atoms with Gasteiger partial charge in [-0.05, 0) is 76.1 Å². The Morgan fingerprint density at radius 2 is 1.53 bits per heavy atom. The monoisotopic (exact) mass is 589 g/mol. The van der Waals surface area contributed by atoms with E-state index < -0.39 is 11.8 Å². The van der Waals surface area contributed by atoms with Gasteiger partial charge in [-0.15, -0.1) is 0 Å². The zero-order valence-electron chi connectivity index (χ0n) is 18.5. The zero-order chi connectivity index (χ0) is 24.7. The van der Waals surface area contributed by atoms with Crippen molar-refractivity contribution >= 4 is 55.6 Å². The molecule has 2 amide bonds. The van der Waals surface area contributed by atoms with Crippen LogP contribution in [0.4, 0.5) is 5.69 Å². The summed E-state index contributed by atoms with van der Waals surface area (Å²) in [6.07, 6.45) is 1.50. The van der Waals surface area contributed by atoms with Crippen LogP contribution >= 0.6 is 31.9 Å². The van der Waals surface area contributed by atoms with Crippen LogP contribution in [0.1, 0.15) is 26.3 Å². The summed E-state index contributed by atoms with van der Waals surface area (Å²) < 4.78 is 17.1. The molecule has 34 heavy (non-hydrogen) atoms. The third-order valence-electron chi connectivity index (χ3n) is 4.68. The van der Waals surface area contributed by atoms with Gasteiger partial charge >= 0.3 is 0 Å². The van der Waals surface area contributed by atoms with E-state index in [1.54, 1.807) is 55.6 Å². The standard InChI is InChI=1S/C24H21Br2N3O5/c1-32-20-8-4-14(10-18(20)26)13-27-29-24(31)17-12-16(25)6-7-19(17)28-23(30)15-5-9-21(33-2)22(11-15)34-3/h4-13H,1-3H3,(H,28,30)(H,29,31)/b27-13+. The highest BCUT2D eigenvalue weighted by Crippen LogP contribution is 2.29. The maximum Gasteiger partial charge on any atom is 0.273 e. The average molecular weight is 591 g/mol. The second-order valence-electron chi connectivity index (χ2n) is 6.81. The molecule has 0 aliphatic rings. The molecule has 176 valence electrons. The number of rotatable bonds is 8. The average Bonchev–Trinajstić information content (AvgIpc) is 2.84. The van der Waals surface area contributed by atoms with Gasteiger partial charge < -0.3 is 19.5 Å². The van der Waals surface area contributed by atoms with Crippen molar-refractivity contribution in [3.63, 3.8) is 0 Å². The molecule has 0 unspecified atom stereocenters. The molecule has 3 rings (SSSR count). The Morgan fingerprint density at radius 1 is 0.824 bits per heavy atom. The van der Waals surface area contributed by atoms with Gasteiger partial charge in [-0.2, -0.15) is 5.10 Å². The van der Waals surface area contributed by atoms with Crippen LogP contribution < -0.4 is 25.0 Å². The smallest absolute Gasteiger partial charge is 0.273 e. The summed E-state index contributed by atoms with van der Waals surface area (Å²) in [4.78, 5) is 25.6. The minimum absolute atomic E-state index is 0.233. The third-order valence-corrected chi connectivity index (χ3v) is 5.79. The molecular weight excluding hydrogens is 570 g/mol. The highest BCUT2D eigenvalue weighted by Gasteiger charge is 2.16. The Kier molecular flexibility index (Phi) is 8.67. The van der Waals surface area contributed by atoms with E-state index in [2.05, 4.69) is 47.7 Å². The number of nitrogens with one attached hydrogen (secondary N) is 2. The number of hydrazone groups is 1. The van der Waals surface area contributed by atoms with Crippen LogP contribution in [-0.2, 0) is 0 Å². The normalized spacial score (nSPS) is 10.6. The van der Waals surface area contributed by atoms with Crippen LogP contribution in [0.25, 0.3) is 0 Å². The molecule has 0 spiro atoms. The van der Waals surface area contributed by atoms with Gasteiger partial charge in [0, 0.05) is 10.0 Å². The Balaban J connectivity index is 1.77. The molecule has 0 atom stereocenters. The van der Waals surface area contributed by atoms with Crippen molar-refractivity contribution in [2.45, 2.75) is 0 Å². The molecule has 0 fully saturated rings. The molecule has 0 bridgehead atoms. The summed E-state index contributed by atoms with van der Waals surface area (Å²) in [5.74, 6) is 0.703. The predicted molar refractivity (Wildman–Crippen MR) is 137 cm³/mol. The van der Waals surface area contributed by atoms with Gasteiger partial charge in [0.15, 0.2) is 11.5 Å². The van der Waals surface area contributed by atoms with E-state index >= 15 is 0 Å². The van der Waals surface area contributed by atoms with Crippen molar-refractivity contribution in [1.82, 2.24) is 5.43 Å². The van der Waals surface area contributed by atoms with E-state index in [4.69, 9.17) is 14.2 Å². The summed E-state index contributed by atoms with van der Waals surface area (Å²) >= 11 is 6.77. The molecule has 8 nitrogen and oxygen atoms in total. The predicted octanol–water partition coefficient (Wildman–Crippen LogP) is 5.25. The van der Waals surface area contributed by atoms with E-state index in [1.807, 2.05) is 6.07 Å². The van der Waals surface area contributed by atoms with E-state index in [1.165, 1.54) is 20.4 Å². The number of hydrogen-bond acceptors (Lipinski definition) is 6. The SMILES string of the molecule is COc1ccc(/C=N/NC(=O)c2cc(Br)ccc2NC(=O)c2ccc(OC)c(OC)c2)cc1Br. The molecule has 10 heteroatoms. The highest BCUT2D eigenvalue weighted by molar-refractivity contribution is 9.10. The lowest BCUT2D eigenvalue weighted by Crippen LogP contribution is -2.21. The topological polar surface area (TPSA) is 98.2 Å². The number of anilines is 1. The molecule has 0 heterocycles. The first-order chi connectivity index (χ1) is 16.4. The van der Waals surface area contributed by atoms with Gasteiger partial charge in [0.1, 0.15) is 5.75 Å². The molecule has 0 radical (unpaired) electrons. The van der Waals surface area contributed by atoms with Crippen LogP contribution in [0, 0.1) is 0 Å². The van der Waals surface area contributed by atoms with Crippen LogP contribution in [0.2, 0.25) is 0 Å². The van der Waals surface area contributed by atoms with E-state index in [-0.39, 0.29) is 5.56 Å². The minimum atomic E-state index is -0.493. The number of carbonyl (C=O) groups is 2. The molecule has 0 aliphatic carbocycles. The Hall–Kier alpha value is -3.37. The number of ether oxygens (including phenoxy) is 3. The molecule has 0 aromatic heterocycles. The largest absolute Gasteiger partial charge is 0.496 e. The number of amides is 2. The molecule has 3 aromatic rings. The second-order valence-corrected chi connectivity index (χ2v) is 8.58. The lowest BCUT2D eigenvalue weighted by Gasteiger charge is -2.12. The third kappa shape index (κ3) is 6.15. The van der Waals surface area contributed by atoms with Crippen LogP contribution in [0.3, 0.4) is 0 Å². The van der Waals surface area contributed by atoms with Crippen molar-refractivity contribution in [2.75, 3.05) is 26.6 Å². The van der Waals surface area contributed by atoms with Crippen molar-refractivity contribution in [3.8, 4) is 17.2 Å². The van der Waals surface area contributed by atoms with Crippen molar-refractivity contribution < 1.29 is 23.8 Å². The number of carbonyl (C=O) groups excluding carboxylic acids is 2. The fourth-order valence-electron chi connectivity index (χ4n) is 2.97. The fourth-order valence-corrected chi connectivity index (χ4v) is 3.89. The zero-order valence-corrected chi connectivity index (χ0v) is 21.7. The molecule has 0 saturated carbocycles. The first-order valence-corrected chi connectivity index (χ1v) is 11.4. The fraction of sp³-hybridized carbons (Fsp3) is 0.125. The van der Waals surface area contributed by atoms with Crippen molar-refractivity contribution in [1.29, 1.82) is 0 Å². The van der Waals surface area contributed by atoms with Crippen molar-refractivity contribution in [2.24, 2.45) is 5.10 Å². The first-order valence-electron chi connectivity index (χ1n) is 9.86. The number of nitrogens with zero attached hydrogens (tertiary/aromatic N) is 1. The van der Waals surface area contributed by atoms with Gasteiger partial charge in [0.05, 0.1) is 43.3 Å². The van der Waals surface area contributed by atoms with Gasteiger partial charge in [0.2, 0.25) is 0 Å². The quantitative estimate of drug-likeness (QED) is 0.276. The summed E-state index contributed by atoms with van der Waals surface area (Å²) in [6, 6.07) is 15.1. The number of benzene rings is 3. The summed E-state index contributed by atoms with van der Waals surface area (Å²) in [5.41, 5.74) is 4.14. The summed E-state index contributed by atoms with van der Waals surface area (Å²) in [6.45, 7) is 0. The van der Waals surface area contributed by atoms with E-state index in [9.17, 15) is 9.59 Å². The first kappa shape index (κ1) is 25.3. The summed E-state index contributed by atoms with van der Waals surface area (Å²) in [5, 5.41) is 6.78. The lowest BCUT2D eigenvalue weighted by atomic mass is 10.1. The van der Waals surface area contributed by atoms with Gasteiger partial charge in [-0.3, -0.25) is 9.59 Å².